The van der Waals surface area contributed by atoms with Crippen LogP contribution >= 0.6 is 11.6 Å². The largest absolute Gasteiger partial charge is 0.416 e. The minimum absolute atomic E-state index is 0.112. The Hall–Kier alpha value is -1.88. The van der Waals surface area contributed by atoms with Gasteiger partial charge in [-0.1, -0.05) is 11.6 Å². The molecule has 0 bridgehead atoms. The second kappa shape index (κ2) is 5.01. The van der Waals surface area contributed by atoms with Crippen LogP contribution in [0.15, 0.2) is 36.5 Å². The standard InChI is InChI=1S/C13H7ClF3NO/c14-11-4-8(7-19)3-9(5-11)12-6-10(1-2-18-12)13(15,16)17/h1-7H. The van der Waals surface area contributed by atoms with E-state index in [-0.39, 0.29) is 16.3 Å². The number of nitrogens with zero attached hydrogens (tertiary/aromatic N) is 1. The van der Waals surface area contributed by atoms with E-state index >= 15 is 0 Å². The van der Waals surface area contributed by atoms with Crippen LogP contribution in [0.4, 0.5) is 13.2 Å². The molecule has 0 N–H and O–H groups in total. The number of hydrogen-bond acceptors (Lipinski definition) is 2. The van der Waals surface area contributed by atoms with E-state index in [4.69, 9.17) is 11.6 Å². The van der Waals surface area contributed by atoms with Crippen molar-refractivity contribution in [2.24, 2.45) is 0 Å². The van der Waals surface area contributed by atoms with E-state index in [0.29, 0.717) is 11.8 Å². The molecule has 0 spiro atoms. The first kappa shape index (κ1) is 13.5. The lowest BCUT2D eigenvalue weighted by Crippen LogP contribution is -2.05. The zero-order valence-electron chi connectivity index (χ0n) is 9.41. The Bertz CT molecular complexity index is 626. The van der Waals surface area contributed by atoms with Crippen molar-refractivity contribution >= 4 is 17.9 Å². The molecule has 1 aromatic carbocycles. The molecule has 0 unspecified atom stereocenters. The third-order valence-electron chi connectivity index (χ3n) is 2.44. The summed E-state index contributed by atoms with van der Waals surface area (Å²) in [5, 5.41) is 0.263. The number of aldehydes is 1. The van der Waals surface area contributed by atoms with Crippen LogP contribution in [0.3, 0.4) is 0 Å². The number of rotatable bonds is 2. The lowest BCUT2D eigenvalue weighted by Gasteiger charge is -2.08. The average Bonchev–Trinajstić information content (AvgIpc) is 2.37. The van der Waals surface area contributed by atoms with Gasteiger partial charge in [-0.3, -0.25) is 9.78 Å². The van der Waals surface area contributed by atoms with E-state index in [2.05, 4.69) is 4.98 Å². The van der Waals surface area contributed by atoms with Gasteiger partial charge in [0, 0.05) is 22.3 Å². The number of benzene rings is 1. The zero-order valence-corrected chi connectivity index (χ0v) is 10.2. The van der Waals surface area contributed by atoms with Crippen molar-refractivity contribution < 1.29 is 18.0 Å². The maximum absolute atomic E-state index is 12.6. The summed E-state index contributed by atoms with van der Waals surface area (Å²) < 4.78 is 37.8. The van der Waals surface area contributed by atoms with Crippen LogP contribution in [0.2, 0.25) is 5.02 Å². The molecule has 0 aliphatic carbocycles. The zero-order chi connectivity index (χ0) is 14.0. The van der Waals surface area contributed by atoms with E-state index in [1.807, 2.05) is 0 Å². The summed E-state index contributed by atoms with van der Waals surface area (Å²) in [6.07, 6.45) is -2.80. The quantitative estimate of drug-likeness (QED) is 0.773. The van der Waals surface area contributed by atoms with Crippen molar-refractivity contribution in [2.75, 3.05) is 0 Å². The second-order valence-electron chi connectivity index (χ2n) is 3.82. The van der Waals surface area contributed by atoms with Gasteiger partial charge >= 0.3 is 6.18 Å². The van der Waals surface area contributed by atoms with Gasteiger partial charge in [-0.15, -0.1) is 0 Å². The molecule has 1 aromatic heterocycles. The molecule has 0 saturated carbocycles. The third kappa shape index (κ3) is 3.12. The van der Waals surface area contributed by atoms with Gasteiger partial charge in [0.1, 0.15) is 6.29 Å². The molecular weight excluding hydrogens is 279 g/mol. The topological polar surface area (TPSA) is 30.0 Å². The first-order valence-electron chi connectivity index (χ1n) is 5.19. The summed E-state index contributed by atoms with van der Waals surface area (Å²) in [5.41, 5.74) is -0.0482. The molecule has 0 aliphatic rings. The predicted octanol–water partition coefficient (Wildman–Crippen LogP) is 4.23. The van der Waals surface area contributed by atoms with E-state index in [1.54, 1.807) is 0 Å². The van der Waals surface area contributed by atoms with Crippen LogP contribution < -0.4 is 0 Å². The SMILES string of the molecule is O=Cc1cc(Cl)cc(-c2cc(C(F)(F)F)ccn2)c1. The van der Waals surface area contributed by atoms with Gasteiger partial charge in [-0.05, 0) is 30.3 Å². The first-order chi connectivity index (χ1) is 8.90. The van der Waals surface area contributed by atoms with Crippen LogP contribution in [0.25, 0.3) is 11.3 Å². The highest BCUT2D eigenvalue weighted by molar-refractivity contribution is 6.31. The molecule has 0 atom stereocenters. The fourth-order valence-electron chi connectivity index (χ4n) is 1.59. The normalized spacial score (nSPS) is 11.4. The van der Waals surface area contributed by atoms with Crippen LogP contribution in [-0.4, -0.2) is 11.3 Å². The van der Waals surface area contributed by atoms with E-state index in [9.17, 15) is 18.0 Å². The van der Waals surface area contributed by atoms with Gasteiger partial charge in [0.25, 0.3) is 0 Å². The Kier molecular flexibility index (Phi) is 3.57. The van der Waals surface area contributed by atoms with Crippen LogP contribution in [-0.2, 0) is 6.18 Å². The van der Waals surface area contributed by atoms with Gasteiger partial charge < -0.3 is 0 Å². The van der Waals surface area contributed by atoms with Crippen molar-refractivity contribution in [3.05, 3.63) is 52.7 Å². The van der Waals surface area contributed by atoms with E-state index in [1.165, 1.54) is 18.2 Å². The number of aromatic nitrogens is 1. The van der Waals surface area contributed by atoms with Crippen molar-refractivity contribution in [3.8, 4) is 11.3 Å². The maximum atomic E-state index is 12.6. The van der Waals surface area contributed by atoms with Gasteiger partial charge in [0.15, 0.2) is 0 Å². The molecule has 2 aromatic rings. The van der Waals surface area contributed by atoms with Crippen molar-refractivity contribution in [1.82, 2.24) is 4.98 Å². The van der Waals surface area contributed by atoms with Crippen LogP contribution in [0.5, 0.6) is 0 Å². The van der Waals surface area contributed by atoms with Crippen molar-refractivity contribution in [2.45, 2.75) is 6.18 Å². The van der Waals surface area contributed by atoms with Crippen LogP contribution in [0, 0.1) is 0 Å². The fourth-order valence-corrected chi connectivity index (χ4v) is 1.84. The van der Waals surface area contributed by atoms with Crippen LogP contribution in [0.1, 0.15) is 15.9 Å². The Morgan fingerprint density at radius 1 is 1.16 bits per heavy atom. The summed E-state index contributed by atoms with van der Waals surface area (Å²) in [6, 6.07) is 6.11. The molecule has 98 valence electrons. The highest BCUT2D eigenvalue weighted by Crippen LogP contribution is 2.31. The molecule has 0 saturated heterocycles. The Morgan fingerprint density at radius 3 is 2.53 bits per heavy atom. The molecule has 6 heteroatoms. The lowest BCUT2D eigenvalue weighted by atomic mass is 10.1. The van der Waals surface area contributed by atoms with E-state index in [0.717, 1.165) is 18.3 Å². The Balaban J connectivity index is 2.53. The van der Waals surface area contributed by atoms with Gasteiger partial charge in [-0.2, -0.15) is 13.2 Å². The first-order valence-corrected chi connectivity index (χ1v) is 5.57. The molecule has 1 heterocycles. The van der Waals surface area contributed by atoms with Crippen molar-refractivity contribution in [3.63, 3.8) is 0 Å². The maximum Gasteiger partial charge on any atom is 0.416 e. The number of carbonyl (C=O) groups is 1. The molecule has 0 aliphatic heterocycles. The molecule has 0 fully saturated rings. The third-order valence-corrected chi connectivity index (χ3v) is 2.66. The van der Waals surface area contributed by atoms with Crippen molar-refractivity contribution in [1.29, 1.82) is 0 Å². The fraction of sp³-hybridized carbons (Fsp3) is 0.0769. The molecular formula is C13H7ClF3NO. The predicted molar refractivity (Wildman–Crippen MR) is 65.1 cm³/mol. The number of pyridine rings is 1. The van der Waals surface area contributed by atoms with Gasteiger partial charge in [0.2, 0.25) is 0 Å². The van der Waals surface area contributed by atoms with Gasteiger partial charge in [0.05, 0.1) is 11.3 Å². The Labute approximate surface area is 111 Å². The lowest BCUT2D eigenvalue weighted by molar-refractivity contribution is -0.137. The number of hydrogen-bond donors (Lipinski definition) is 0. The summed E-state index contributed by atoms with van der Waals surface area (Å²) in [5.74, 6) is 0. The summed E-state index contributed by atoms with van der Waals surface area (Å²) >= 11 is 5.80. The average molecular weight is 286 g/mol. The smallest absolute Gasteiger partial charge is 0.298 e. The summed E-state index contributed by atoms with van der Waals surface area (Å²) in [4.78, 5) is 14.6. The molecule has 2 rings (SSSR count). The summed E-state index contributed by atoms with van der Waals surface area (Å²) in [7, 11) is 0. The number of halogens is 4. The van der Waals surface area contributed by atoms with Gasteiger partial charge in [-0.25, -0.2) is 0 Å². The molecule has 2 nitrogen and oxygen atoms in total. The second-order valence-corrected chi connectivity index (χ2v) is 4.26. The summed E-state index contributed by atoms with van der Waals surface area (Å²) in [6.45, 7) is 0. The minimum atomic E-state index is -4.44. The van der Waals surface area contributed by atoms with E-state index < -0.39 is 11.7 Å². The highest BCUT2D eigenvalue weighted by atomic mass is 35.5. The molecule has 0 radical (unpaired) electrons. The minimum Gasteiger partial charge on any atom is -0.298 e. The Morgan fingerprint density at radius 2 is 1.89 bits per heavy atom. The number of alkyl halides is 3. The number of carbonyl (C=O) groups excluding carboxylic acids is 1. The molecule has 0 amide bonds. The molecule has 19 heavy (non-hydrogen) atoms. The monoisotopic (exact) mass is 285 g/mol. The highest BCUT2D eigenvalue weighted by Gasteiger charge is 2.30.